The molecule has 0 saturated carbocycles. The Kier molecular flexibility index (Phi) is 8.10. The molecule has 0 unspecified atom stereocenters. The number of benzene rings is 3. The van der Waals surface area contributed by atoms with Crippen molar-refractivity contribution >= 4 is 21.7 Å². The summed E-state index contributed by atoms with van der Waals surface area (Å²) in [6.45, 7) is 4.38. The fourth-order valence-electron chi connectivity index (χ4n) is 3.80. The third-order valence-corrected chi connectivity index (χ3v) is 8.04. The Balaban J connectivity index is 0.000000202. The number of carboxylic acid groups (broad SMARTS) is 1. The number of sulfonamides is 1. The molecular weight excluding hydrogens is 493 g/mol. The highest BCUT2D eigenvalue weighted by molar-refractivity contribution is 7.89. The van der Waals surface area contributed by atoms with E-state index in [4.69, 9.17) is 10.8 Å². The van der Waals surface area contributed by atoms with Gasteiger partial charge in [-0.2, -0.15) is 17.5 Å². The first-order valence-electron chi connectivity index (χ1n) is 11.1. The minimum Gasteiger partial charge on any atom is -0.699 e. The summed E-state index contributed by atoms with van der Waals surface area (Å²) in [4.78, 5) is 11.0. The van der Waals surface area contributed by atoms with E-state index in [1.54, 1.807) is 42.4 Å². The van der Waals surface area contributed by atoms with Crippen molar-refractivity contribution in [2.45, 2.75) is 38.2 Å². The largest absolute Gasteiger partial charge is 0.699 e. The number of alkyl halides is 3. The number of hydrogen-bond donors (Lipinski definition) is 1. The summed E-state index contributed by atoms with van der Waals surface area (Å²) in [7, 11) is -3.17. The van der Waals surface area contributed by atoms with E-state index in [1.807, 2.05) is 12.1 Å². The molecule has 3 aromatic carbocycles. The minimum atomic E-state index is -4.40. The van der Waals surface area contributed by atoms with E-state index in [0.717, 1.165) is 23.3 Å². The zero-order valence-corrected chi connectivity index (χ0v) is 20.5. The summed E-state index contributed by atoms with van der Waals surface area (Å²) in [5, 5.41) is 8.66. The highest BCUT2D eigenvalue weighted by Crippen LogP contribution is 2.32. The van der Waals surface area contributed by atoms with Crippen molar-refractivity contribution in [2.75, 3.05) is 6.54 Å². The number of nitrogens with one attached hydrogen (secondary N) is 1. The van der Waals surface area contributed by atoms with Gasteiger partial charge in [-0.05, 0) is 60.7 Å². The van der Waals surface area contributed by atoms with Crippen LogP contribution < -0.4 is 0 Å². The second-order valence-electron chi connectivity index (χ2n) is 8.59. The number of halogens is 3. The van der Waals surface area contributed by atoms with Gasteiger partial charge in [0.05, 0.1) is 16.4 Å². The van der Waals surface area contributed by atoms with E-state index >= 15 is 0 Å². The lowest BCUT2D eigenvalue weighted by Gasteiger charge is -2.30. The first-order valence-corrected chi connectivity index (χ1v) is 12.6. The standard InChI is InChI=1S/C14H9F3O2.C12H17N2O2S/c15-14(16,17)10-7-5-9(6-8-10)11-3-1-2-4-12(11)13(18)19;1-9(2)17(15,16)14-6-5-10-7-12(13)4-3-11(10)8-14/h1-8H,(H,18,19);3-4,7,9,13H,5-6,8H2,1-2H3/q;-1. The smallest absolute Gasteiger partial charge is 0.416 e. The predicted molar refractivity (Wildman–Crippen MR) is 132 cm³/mol. The van der Waals surface area contributed by atoms with E-state index in [-0.39, 0.29) is 10.8 Å². The molecule has 36 heavy (non-hydrogen) atoms. The molecule has 0 saturated heterocycles. The Morgan fingerprint density at radius 2 is 1.64 bits per heavy atom. The van der Waals surface area contributed by atoms with Gasteiger partial charge in [-0.1, -0.05) is 48.5 Å². The second-order valence-corrected chi connectivity index (χ2v) is 11.1. The SMILES string of the molecule is CC(C)S(=O)(=O)N1CCc2cc([NH-])ccc2C1.O=C(O)c1ccccc1-c1ccc(C(F)(F)F)cc1. The van der Waals surface area contributed by atoms with Crippen molar-refractivity contribution in [1.82, 2.24) is 4.31 Å². The number of nitrogens with zero attached hydrogens (tertiary/aromatic N) is 1. The van der Waals surface area contributed by atoms with Gasteiger partial charge in [0, 0.05) is 13.1 Å². The summed E-state index contributed by atoms with van der Waals surface area (Å²) < 4.78 is 63.0. The molecule has 0 atom stereocenters. The Morgan fingerprint density at radius 1 is 1.00 bits per heavy atom. The molecule has 1 heterocycles. The zero-order valence-electron chi connectivity index (χ0n) is 19.7. The number of carbonyl (C=O) groups is 1. The molecule has 2 N–H and O–H groups in total. The highest BCUT2D eigenvalue weighted by atomic mass is 32.2. The second kappa shape index (κ2) is 10.7. The summed E-state index contributed by atoms with van der Waals surface area (Å²) in [6, 6.07) is 16.0. The first-order chi connectivity index (χ1) is 16.8. The third-order valence-electron chi connectivity index (χ3n) is 5.82. The molecule has 1 aliphatic heterocycles. The number of carboxylic acids is 1. The predicted octanol–water partition coefficient (Wildman–Crippen LogP) is 6.54. The lowest BCUT2D eigenvalue weighted by molar-refractivity contribution is -0.137. The molecular formula is C26H26F3N2O4S-. The van der Waals surface area contributed by atoms with E-state index in [9.17, 15) is 26.4 Å². The maximum absolute atomic E-state index is 12.4. The number of hydrogen-bond acceptors (Lipinski definition) is 3. The molecule has 0 bridgehead atoms. The summed E-state index contributed by atoms with van der Waals surface area (Å²) in [6.07, 6.45) is -3.70. The molecule has 192 valence electrons. The lowest BCUT2D eigenvalue weighted by Crippen LogP contribution is -2.39. The average Bonchev–Trinajstić information content (AvgIpc) is 2.83. The van der Waals surface area contributed by atoms with Crippen molar-refractivity contribution in [3.05, 3.63) is 94.7 Å². The molecule has 0 radical (unpaired) electrons. The van der Waals surface area contributed by atoms with Crippen LogP contribution in [0.5, 0.6) is 0 Å². The summed E-state index contributed by atoms with van der Waals surface area (Å²) in [5.74, 6) is -1.12. The van der Waals surface area contributed by atoms with Gasteiger partial charge in [-0.25, -0.2) is 13.2 Å². The van der Waals surface area contributed by atoms with Crippen LogP contribution in [0.3, 0.4) is 0 Å². The van der Waals surface area contributed by atoms with Gasteiger partial charge in [-0.3, -0.25) is 0 Å². The molecule has 0 aromatic heterocycles. The Morgan fingerprint density at radius 3 is 2.22 bits per heavy atom. The van der Waals surface area contributed by atoms with Gasteiger partial charge < -0.3 is 10.8 Å². The fourth-order valence-corrected chi connectivity index (χ4v) is 5.06. The number of fused-ring (bicyclic) bond motifs is 1. The van der Waals surface area contributed by atoms with Crippen LogP contribution in [0.4, 0.5) is 18.9 Å². The van der Waals surface area contributed by atoms with Crippen molar-refractivity contribution in [3.63, 3.8) is 0 Å². The van der Waals surface area contributed by atoms with Gasteiger partial charge in [0.25, 0.3) is 0 Å². The van der Waals surface area contributed by atoms with Crippen molar-refractivity contribution in [2.24, 2.45) is 0 Å². The molecule has 0 aliphatic carbocycles. The molecule has 0 amide bonds. The van der Waals surface area contributed by atoms with Crippen LogP contribution in [0.2, 0.25) is 0 Å². The van der Waals surface area contributed by atoms with E-state index in [1.165, 1.54) is 18.2 Å². The van der Waals surface area contributed by atoms with E-state index in [0.29, 0.717) is 36.3 Å². The molecule has 0 spiro atoms. The monoisotopic (exact) mass is 519 g/mol. The van der Waals surface area contributed by atoms with Crippen LogP contribution in [-0.2, 0) is 29.2 Å². The molecule has 4 rings (SSSR count). The summed E-state index contributed by atoms with van der Waals surface area (Å²) >= 11 is 0. The highest BCUT2D eigenvalue weighted by Gasteiger charge is 2.30. The molecule has 3 aromatic rings. The molecule has 6 nitrogen and oxygen atoms in total. The Labute approximate surface area is 208 Å². The van der Waals surface area contributed by atoms with Crippen LogP contribution >= 0.6 is 0 Å². The number of aromatic carboxylic acids is 1. The van der Waals surface area contributed by atoms with Crippen LogP contribution in [0.15, 0.2) is 66.7 Å². The maximum atomic E-state index is 12.4. The van der Waals surface area contributed by atoms with Gasteiger partial charge >= 0.3 is 12.1 Å². The molecule has 10 heteroatoms. The summed E-state index contributed by atoms with van der Waals surface area (Å²) in [5.41, 5.74) is 10.3. The van der Waals surface area contributed by atoms with Crippen molar-refractivity contribution in [3.8, 4) is 11.1 Å². The van der Waals surface area contributed by atoms with Crippen LogP contribution in [0.25, 0.3) is 16.9 Å². The third kappa shape index (κ3) is 6.24. The van der Waals surface area contributed by atoms with E-state index in [2.05, 4.69) is 0 Å². The van der Waals surface area contributed by atoms with Crippen molar-refractivity contribution < 1.29 is 31.5 Å². The van der Waals surface area contributed by atoms with Gasteiger partial charge in [0.1, 0.15) is 0 Å². The van der Waals surface area contributed by atoms with Crippen LogP contribution in [0, 0.1) is 0 Å². The average molecular weight is 520 g/mol. The van der Waals surface area contributed by atoms with Crippen LogP contribution in [-0.4, -0.2) is 35.6 Å². The Hall–Kier alpha value is -3.37. The quantitative estimate of drug-likeness (QED) is 0.423. The Bertz CT molecular complexity index is 1340. The van der Waals surface area contributed by atoms with Crippen molar-refractivity contribution in [1.29, 1.82) is 0 Å². The van der Waals surface area contributed by atoms with Gasteiger partial charge in [0.2, 0.25) is 10.0 Å². The molecule has 1 aliphatic rings. The van der Waals surface area contributed by atoms with Gasteiger partial charge in [0.15, 0.2) is 0 Å². The van der Waals surface area contributed by atoms with Gasteiger partial charge in [-0.15, -0.1) is 5.69 Å². The molecule has 0 fully saturated rings. The lowest BCUT2D eigenvalue weighted by atomic mass is 9.99. The van der Waals surface area contributed by atoms with E-state index < -0.39 is 27.7 Å². The minimum absolute atomic E-state index is 0.0576. The topological polar surface area (TPSA) is 98.5 Å². The number of rotatable bonds is 4. The normalized spacial score (nSPS) is 14.1. The van der Waals surface area contributed by atoms with Crippen LogP contribution in [0.1, 0.15) is 40.9 Å². The first kappa shape index (κ1) is 27.2. The maximum Gasteiger partial charge on any atom is 0.416 e. The zero-order chi connectivity index (χ0) is 26.7. The fraction of sp³-hybridized carbons (Fsp3) is 0.269.